The van der Waals surface area contributed by atoms with E-state index in [0.29, 0.717) is 31.3 Å². The maximum atomic E-state index is 13.4. The lowest BCUT2D eigenvalue weighted by Crippen LogP contribution is -2.46. The van der Waals surface area contributed by atoms with Gasteiger partial charge in [-0.3, -0.25) is 4.79 Å². The largest absolute Gasteiger partial charge is 0.493 e. The van der Waals surface area contributed by atoms with Gasteiger partial charge in [0, 0.05) is 49.7 Å². The van der Waals surface area contributed by atoms with Crippen LogP contribution in [0.25, 0.3) is 0 Å². The summed E-state index contributed by atoms with van der Waals surface area (Å²) in [5, 5.41) is 3.56. The van der Waals surface area contributed by atoms with E-state index in [2.05, 4.69) is 10.2 Å². The molecule has 0 radical (unpaired) electrons. The van der Waals surface area contributed by atoms with Gasteiger partial charge in [0.15, 0.2) is 11.5 Å². The minimum Gasteiger partial charge on any atom is -0.493 e. The second-order valence-electron chi connectivity index (χ2n) is 7.92. The molecule has 31 heavy (non-hydrogen) atoms. The van der Waals surface area contributed by atoms with Gasteiger partial charge in [-0.15, -0.1) is 0 Å². The molecule has 7 heteroatoms. The number of nitrogens with one attached hydrogen (secondary N) is 1. The van der Waals surface area contributed by atoms with E-state index in [9.17, 15) is 4.79 Å². The Balaban J connectivity index is 1.46. The predicted octanol–water partition coefficient (Wildman–Crippen LogP) is 3.26. The van der Waals surface area contributed by atoms with E-state index in [1.54, 1.807) is 14.2 Å². The highest BCUT2D eigenvalue weighted by atomic mass is 16.5. The molecule has 0 aliphatic carbocycles. The lowest BCUT2D eigenvalue weighted by atomic mass is 10.0. The zero-order valence-corrected chi connectivity index (χ0v) is 18.3. The monoisotopic (exact) mass is 425 g/mol. The van der Waals surface area contributed by atoms with E-state index in [1.165, 1.54) is 0 Å². The SMILES string of the molecule is COc1ccc(N[C@@H]2CCCN(C(=O)c3ccccc3N3CCOCC3)C2)cc1OC. The molecule has 0 saturated carbocycles. The highest BCUT2D eigenvalue weighted by Crippen LogP contribution is 2.31. The van der Waals surface area contributed by atoms with Gasteiger partial charge in [0.1, 0.15) is 0 Å². The summed E-state index contributed by atoms with van der Waals surface area (Å²) in [6, 6.07) is 13.9. The Kier molecular flexibility index (Phi) is 6.82. The fourth-order valence-electron chi connectivity index (χ4n) is 4.35. The number of benzene rings is 2. The van der Waals surface area contributed by atoms with Crippen molar-refractivity contribution in [2.24, 2.45) is 0 Å². The Morgan fingerprint density at radius 2 is 1.81 bits per heavy atom. The van der Waals surface area contributed by atoms with Gasteiger partial charge in [0.25, 0.3) is 5.91 Å². The molecule has 0 unspecified atom stereocenters. The molecule has 4 rings (SSSR count). The topological polar surface area (TPSA) is 63.3 Å². The average molecular weight is 426 g/mol. The van der Waals surface area contributed by atoms with E-state index in [-0.39, 0.29) is 11.9 Å². The molecule has 166 valence electrons. The number of likely N-dealkylation sites (tertiary alicyclic amines) is 1. The van der Waals surface area contributed by atoms with Crippen LogP contribution in [0.1, 0.15) is 23.2 Å². The highest BCUT2D eigenvalue weighted by molar-refractivity contribution is 6.00. The lowest BCUT2D eigenvalue weighted by Gasteiger charge is -2.35. The quantitative estimate of drug-likeness (QED) is 0.767. The first-order chi connectivity index (χ1) is 15.2. The second-order valence-corrected chi connectivity index (χ2v) is 7.92. The van der Waals surface area contributed by atoms with Gasteiger partial charge in [0.2, 0.25) is 0 Å². The summed E-state index contributed by atoms with van der Waals surface area (Å²) < 4.78 is 16.2. The van der Waals surface area contributed by atoms with Crippen LogP contribution in [-0.2, 0) is 4.74 Å². The summed E-state index contributed by atoms with van der Waals surface area (Å²) in [7, 11) is 3.26. The predicted molar refractivity (Wildman–Crippen MR) is 122 cm³/mol. The fourth-order valence-corrected chi connectivity index (χ4v) is 4.35. The summed E-state index contributed by atoms with van der Waals surface area (Å²) in [4.78, 5) is 17.7. The normalized spacial score (nSPS) is 19.1. The molecule has 0 spiro atoms. The molecular formula is C24H31N3O4. The Morgan fingerprint density at radius 3 is 2.58 bits per heavy atom. The number of nitrogens with zero attached hydrogens (tertiary/aromatic N) is 2. The van der Waals surface area contributed by atoms with Gasteiger partial charge in [-0.05, 0) is 37.1 Å². The molecule has 2 aromatic carbocycles. The van der Waals surface area contributed by atoms with Crippen LogP contribution >= 0.6 is 0 Å². The molecule has 2 fully saturated rings. The molecule has 2 aliphatic rings. The molecular weight excluding hydrogens is 394 g/mol. The number of amides is 1. The molecule has 2 aromatic rings. The molecule has 1 amide bonds. The number of hydrogen-bond donors (Lipinski definition) is 1. The van der Waals surface area contributed by atoms with Crippen molar-refractivity contribution in [3.63, 3.8) is 0 Å². The molecule has 2 saturated heterocycles. The summed E-state index contributed by atoms with van der Waals surface area (Å²) in [5.41, 5.74) is 2.74. The van der Waals surface area contributed by atoms with Crippen LogP contribution in [0.2, 0.25) is 0 Å². The molecule has 2 aliphatic heterocycles. The van der Waals surface area contributed by atoms with Crippen molar-refractivity contribution in [2.75, 3.05) is 63.8 Å². The minimum atomic E-state index is 0.0981. The van der Waals surface area contributed by atoms with E-state index in [1.807, 2.05) is 47.4 Å². The maximum absolute atomic E-state index is 13.4. The zero-order chi connectivity index (χ0) is 21.6. The van der Waals surface area contributed by atoms with Crippen LogP contribution in [0.5, 0.6) is 11.5 Å². The van der Waals surface area contributed by atoms with E-state index in [4.69, 9.17) is 14.2 Å². The van der Waals surface area contributed by atoms with Crippen LogP contribution in [0.15, 0.2) is 42.5 Å². The van der Waals surface area contributed by atoms with Crippen LogP contribution in [-0.4, -0.2) is 70.5 Å². The smallest absolute Gasteiger partial charge is 0.256 e. The van der Waals surface area contributed by atoms with Crippen molar-refractivity contribution in [3.8, 4) is 11.5 Å². The van der Waals surface area contributed by atoms with Crippen molar-refractivity contribution in [1.82, 2.24) is 4.90 Å². The molecule has 2 heterocycles. The number of carbonyl (C=O) groups excluding carboxylic acids is 1. The number of anilines is 2. The van der Waals surface area contributed by atoms with Crippen molar-refractivity contribution in [1.29, 1.82) is 0 Å². The number of carbonyl (C=O) groups is 1. The van der Waals surface area contributed by atoms with Crippen molar-refractivity contribution in [2.45, 2.75) is 18.9 Å². The van der Waals surface area contributed by atoms with E-state index < -0.39 is 0 Å². The Hall–Kier alpha value is -2.93. The Morgan fingerprint density at radius 1 is 1.03 bits per heavy atom. The zero-order valence-electron chi connectivity index (χ0n) is 18.3. The van der Waals surface area contributed by atoms with Gasteiger partial charge in [-0.1, -0.05) is 12.1 Å². The van der Waals surface area contributed by atoms with Crippen LogP contribution < -0.4 is 19.7 Å². The first-order valence-electron chi connectivity index (χ1n) is 10.9. The van der Waals surface area contributed by atoms with E-state index >= 15 is 0 Å². The Labute approximate surface area is 183 Å². The van der Waals surface area contributed by atoms with Gasteiger partial charge in [-0.2, -0.15) is 0 Å². The van der Waals surface area contributed by atoms with Crippen LogP contribution in [0.3, 0.4) is 0 Å². The Bertz CT molecular complexity index is 898. The standard InChI is InChI=1S/C24H31N3O4/c1-29-22-10-9-18(16-23(22)30-2)25-19-6-5-11-27(17-19)24(28)20-7-3-4-8-21(20)26-12-14-31-15-13-26/h3-4,7-10,16,19,25H,5-6,11-15,17H2,1-2H3/t19-/m1/s1. The number of methoxy groups -OCH3 is 2. The highest BCUT2D eigenvalue weighted by Gasteiger charge is 2.27. The third-order valence-electron chi connectivity index (χ3n) is 5.95. The molecule has 1 N–H and O–H groups in total. The minimum absolute atomic E-state index is 0.0981. The third kappa shape index (κ3) is 4.88. The van der Waals surface area contributed by atoms with Crippen molar-refractivity contribution in [3.05, 3.63) is 48.0 Å². The summed E-state index contributed by atoms with van der Waals surface area (Å²) >= 11 is 0. The summed E-state index contributed by atoms with van der Waals surface area (Å²) in [6.07, 6.45) is 1.99. The number of hydrogen-bond acceptors (Lipinski definition) is 6. The molecule has 1 atom stereocenters. The lowest BCUT2D eigenvalue weighted by molar-refractivity contribution is 0.0714. The number of para-hydroxylation sites is 1. The number of ether oxygens (including phenoxy) is 3. The van der Waals surface area contributed by atoms with Gasteiger partial charge in [0.05, 0.1) is 33.0 Å². The number of rotatable bonds is 6. The third-order valence-corrected chi connectivity index (χ3v) is 5.95. The first-order valence-corrected chi connectivity index (χ1v) is 10.9. The summed E-state index contributed by atoms with van der Waals surface area (Å²) in [5.74, 6) is 1.49. The average Bonchev–Trinajstić information content (AvgIpc) is 2.84. The molecule has 7 nitrogen and oxygen atoms in total. The number of morpholine rings is 1. The molecule has 0 bridgehead atoms. The van der Waals surface area contributed by atoms with Crippen LogP contribution in [0, 0.1) is 0 Å². The molecule has 0 aromatic heterocycles. The number of piperidine rings is 1. The fraction of sp³-hybridized carbons (Fsp3) is 0.458. The first kappa shape index (κ1) is 21.3. The van der Waals surface area contributed by atoms with Gasteiger partial charge < -0.3 is 29.3 Å². The second kappa shape index (κ2) is 9.92. The van der Waals surface area contributed by atoms with Gasteiger partial charge in [-0.25, -0.2) is 0 Å². The van der Waals surface area contributed by atoms with Crippen molar-refractivity contribution < 1.29 is 19.0 Å². The van der Waals surface area contributed by atoms with Crippen LogP contribution in [0.4, 0.5) is 11.4 Å². The van der Waals surface area contributed by atoms with Gasteiger partial charge >= 0.3 is 0 Å². The van der Waals surface area contributed by atoms with Crippen molar-refractivity contribution >= 4 is 17.3 Å². The van der Waals surface area contributed by atoms with E-state index in [0.717, 1.165) is 49.4 Å². The summed E-state index contributed by atoms with van der Waals surface area (Å²) in [6.45, 7) is 4.47. The maximum Gasteiger partial charge on any atom is 0.256 e.